The van der Waals surface area contributed by atoms with Crippen LogP contribution in [-0.4, -0.2) is 6.16 Å². The summed E-state index contributed by atoms with van der Waals surface area (Å²) in [6, 6.07) is 0. The van der Waals surface area contributed by atoms with Crippen molar-refractivity contribution in [2.45, 2.75) is 6.92 Å². The molecule has 6 heteroatoms. The highest BCUT2D eigenvalue weighted by Crippen LogP contribution is 1.68. The maximum Gasteiger partial charge on any atom is -0.0410 e. The van der Waals surface area contributed by atoms with Crippen LogP contribution < -0.4 is 12.3 Å². The van der Waals surface area contributed by atoms with Crippen LogP contribution in [0.2, 0.25) is 0 Å². The normalized spacial score (nSPS) is 2.25. The van der Waals surface area contributed by atoms with Gasteiger partial charge in [0, 0.05) is 0 Å². The van der Waals surface area contributed by atoms with Gasteiger partial charge in [-0.3, -0.25) is 0 Å². The number of rotatable bonds is 0. The van der Waals surface area contributed by atoms with E-state index in [0.717, 1.165) is 0 Å². The van der Waals surface area contributed by atoms with Crippen molar-refractivity contribution < 1.29 is 0 Å². The van der Waals surface area contributed by atoms with E-state index in [0.29, 0.717) is 0 Å². The van der Waals surface area contributed by atoms with E-state index in [1.807, 2.05) is 0 Å². The van der Waals surface area contributed by atoms with Crippen molar-refractivity contribution >= 4 is 60.2 Å². The standard InChI is InChI=1S/C2H7P.3BrH.2H3N/c1-2-3;;;;;/h2-3H2,1H3;3*1H;2*1H3. The van der Waals surface area contributed by atoms with Crippen LogP contribution in [0.25, 0.3) is 0 Å². The monoisotopic (exact) mass is 336 g/mol. The predicted molar refractivity (Wildman–Crippen MR) is 61.3 cm³/mol. The summed E-state index contributed by atoms with van der Waals surface area (Å²) in [4.78, 5) is 0. The maximum atomic E-state index is 2.58. The van der Waals surface area contributed by atoms with Gasteiger partial charge >= 0.3 is 0 Å². The van der Waals surface area contributed by atoms with E-state index in [2.05, 4.69) is 16.2 Å². The molecule has 1 atom stereocenters. The quantitative estimate of drug-likeness (QED) is 0.667. The lowest BCUT2D eigenvalue weighted by Gasteiger charge is -1.48. The molecule has 0 rings (SSSR count). The van der Waals surface area contributed by atoms with E-state index in [4.69, 9.17) is 0 Å². The molecule has 0 amide bonds. The summed E-state index contributed by atoms with van der Waals surface area (Å²) in [5.41, 5.74) is 0. The lowest BCUT2D eigenvalue weighted by atomic mass is 11.0. The Morgan fingerprint density at radius 1 is 1.00 bits per heavy atom. The molecule has 0 aliphatic heterocycles. The minimum atomic E-state index is 0. The Labute approximate surface area is 85.2 Å². The predicted octanol–water partition coefficient (Wildman–Crippen LogP) is 2.94. The van der Waals surface area contributed by atoms with Crippen LogP contribution in [0, 0.1) is 0 Å². The van der Waals surface area contributed by atoms with Crippen LogP contribution in [0.15, 0.2) is 0 Å². The molecule has 0 fully saturated rings. The van der Waals surface area contributed by atoms with Gasteiger partial charge in [-0.2, -0.15) is 0 Å². The first-order valence-corrected chi connectivity index (χ1v) is 1.93. The SMILES string of the molecule is Br.Br.Br.CCP.N.N. The van der Waals surface area contributed by atoms with Crippen molar-refractivity contribution in [3.63, 3.8) is 0 Å². The fourth-order valence-corrected chi connectivity index (χ4v) is 0. The zero-order chi connectivity index (χ0) is 2.71. The molecule has 0 aliphatic rings. The third-order valence-electron chi connectivity index (χ3n) is 0. The molecule has 8 heavy (non-hydrogen) atoms. The zero-order valence-corrected chi connectivity index (χ0v) is 11.2. The van der Waals surface area contributed by atoms with Crippen molar-refractivity contribution in [3.8, 4) is 0 Å². The van der Waals surface area contributed by atoms with Crippen molar-refractivity contribution in [3.05, 3.63) is 0 Å². The topological polar surface area (TPSA) is 70.0 Å². The van der Waals surface area contributed by atoms with Crippen molar-refractivity contribution in [1.29, 1.82) is 0 Å². The van der Waals surface area contributed by atoms with Gasteiger partial charge in [0.1, 0.15) is 0 Å². The summed E-state index contributed by atoms with van der Waals surface area (Å²) in [6.07, 6.45) is 1.17. The third kappa shape index (κ3) is 112. The van der Waals surface area contributed by atoms with Crippen LogP contribution in [-0.2, 0) is 0 Å². The average Bonchev–Trinajstić information content (AvgIpc) is 0.918. The first-order valence-electron chi connectivity index (χ1n) is 1.12. The molecule has 0 saturated heterocycles. The molecule has 0 bridgehead atoms. The molecule has 0 aliphatic carbocycles. The number of hydrogen-bond acceptors (Lipinski definition) is 2. The Kier molecular flexibility index (Phi) is 451. The fraction of sp³-hybridized carbons (Fsp3) is 1.00. The maximum absolute atomic E-state index is 2.58. The molecule has 60 valence electrons. The first kappa shape index (κ1) is 52.7. The molecule has 6 N–H and O–H groups in total. The second-order valence-corrected chi connectivity index (χ2v) is 1.22. The molecule has 0 saturated carbocycles. The summed E-state index contributed by atoms with van der Waals surface area (Å²) < 4.78 is 0. The third-order valence-corrected chi connectivity index (χ3v) is 0. The molecule has 0 spiro atoms. The molecular formula is C2H16Br3N2P. The van der Waals surface area contributed by atoms with E-state index in [1.54, 1.807) is 0 Å². The van der Waals surface area contributed by atoms with Crippen LogP contribution >= 0.6 is 60.2 Å². The fourth-order valence-electron chi connectivity index (χ4n) is 0. The second kappa shape index (κ2) is 68.5. The van der Waals surface area contributed by atoms with E-state index < -0.39 is 0 Å². The van der Waals surface area contributed by atoms with Gasteiger partial charge in [0.05, 0.1) is 0 Å². The van der Waals surface area contributed by atoms with E-state index in [-0.39, 0.29) is 63.2 Å². The Morgan fingerprint density at radius 2 is 1.00 bits per heavy atom. The highest BCUT2D eigenvalue weighted by molar-refractivity contribution is 8.93. The summed E-state index contributed by atoms with van der Waals surface area (Å²) in [5.74, 6) is 0. The summed E-state index contributed by atoms with van der Waals surface area (Å²) in [7, 11) is 2.58. The van der Waals surface area contributed by atoms with E-state index in [9.17, 15) is 0 Å². The Hall–Kier alpha value is 1.79. The van der Waals surface area contributed by atoms with Gasteiger partial charge in [0.2, 0.25) is 0 Å². The van der Waals surface area contributed by atoms with Crippen molar-refractivity contribution in [2.75, 3.05) is 6.16 Å². The Balaban J connectivity index is -0.00000000200. The summed E-state index contributed by atoms with van der Waals surface area (Å²) >= 11 is 0. The lowest BCUT2D eigenvalue weighted by Crippen LogP contribution is -1.33. The highest BCUT2D eigenvalue weighted by atomic mass is 79.9. The van der Waals surface area contributed by atoms with Crippen LogP contribution in [0.3, 0.4) is 0 Å². The van der Waals surface area contributed by atoms with Gasteiger partial charge in [-0.05, 0) is 6.16 Å². The van der Waals surface area contributed by atoms with Gasteiger partial charge in [0.15, 0.2) is 0 Å². The number of halogens is 3. The van der Waals surface area contributed by atoms with Crippen LogP contribution in [0.5, 0.6) is 0 Å². The molecule has 0 aromatic rings. The van der Waals surface area contributed by atoms with Crippen LogP contribution in [0.1, 0.15) is 6.92 Å². The molecule has 0 heterocycles. The molecular weight excluding hydrogens is 323 g/mol. The second-order valence-electron chi connectivity index (χ2n) is 0.408. The highest BCUT2D eigenvalue weighted by Gasteiger charge is 1.35. The molecule has 0 radical (unpaired) electrons. The minimum absolute atomic E-state index is 0. The summed E-state index contributed by atoms with van der Waals surface area (Å²) in [5, 5.41) is 0. The smallest absolute Gasteiger partial charge is 0.0410 e. The van der Waals surface area contributed by atoms with E-state index in [1.165, 1.54) is 6.16 Å². The molecule has 0 aromatic heterocycles. The average molecular weight is 339 g/mol. The Bertz CT molecular complexity index is 15.2. The zero-order valence-electron chi connectivity index (χ0n) is 4.92. The van der Waals surface area contributed by atoms with Crippen molar-refractivity contribution in [2.24, 2.45) is 0 Å². The largest absolute Gasteiger partial charge is 0.344 e. The first-order chi connectivity index (χ1) is 1.41. The molecule has 2 nitrogen and oxygen atoms in total. The van der Waals surface area contributed by atoms with Gasteiger partial charge in [-0.1, -0.05) is 6.92 Å². The van der Waals surface area contributed by atoms with Gasteiger partial charge < -0.3 is 12.3 Å². The van der Waals surface area contributed by atoms with Crippen LogP contribution in [0.4, 0.5) is 0 Å². The van der Waals surface area contributed by atoms with Gasteiger partial charge in [-0.15, -0.1) is 60.2 Å². The molecule has 1 unspecified atom stereocenters. The summed E-state index contributed by atoms with van der Waals surface area (Å²) in [6.45, 7) is 2.09. The van der Waals surface area contributed by atoms with Crippen molar-refractivity contribution in [1.82, 2.24) is 12.3 Å². The minimum Gasteiger partial charge on any atom is -0.344 e. The number of hydrogen-bond donors (Lipinski definition) is 2. The van der Waals surface area contributed by atoms with Gasteiger partial charge in [0.25, 0.3) is 0 Å². The Morgan fingerprint density at radius 3 is 1.00 bits per heavy atom. The van der Waals surface area contributed by atoms with Gasteiger partial charge in [-0.25, -0.2) is 0 Å². The van der Waals surface area contributed by atoms with E-state index >= 15 is 0 Å². The molecule has 0 aromatic carbocycles. The lowest BCUT2D eigenvalue weighted by molar-refractivity contribution is 1.53.